The van der Waals surface area contributed by atoms with Crippen LogP contribution < -0.4 is 0 Å². The third-order valence-corrected chi connectivity index (χ3v) is 2.06. The Hall–Kier alpha value is 0.0500. The predicted molar refractivity (Wildman–Crippen MR) is 54.2 cm³/mol. The first-order chi connectivity index (χ1) is 6.45. The minimum Gasteiger partial charge on any atom is -0.249 e. The Labute approximate surface area is 95.3 Å². The van der Waals surface area contributed by atoms with Crippen molar-refractivity contribution in [1.29, 1.82) is 0 Å². The maximum Gasteiger partial charge on any atom is 0.230 e. The lowest BCUT2D eigenvalue weighted by Crippen LogP contribution is -2.38. The van der Waals surface area contributed by atoms with Crippen LogP contribution in [0.15, 0.2) is 0 Å². The fraction of sp³-hybridized carbons (Fsp3) is 1.00. The molecule has 0 aromatic carbocycles. The number of halogens is 1. The van der Waals surface area contributed by atoms with Crippen LogP contribution in [0.5, 0.6) is 0 Å². The quantitative estimate of drug-likeness (QED) is 0.408. The van der Waals surface area contributed by atoms with Gasteiger partial charge in [-0.05, 0) is 13.8 Å². The van der Waals surface area contributed by atoms with Crippen LogP contribution in [-0.2, 0) is 19.6 Å². The van der Waals surface area contributed by atoms with Gasteiger partial charge >= 0.3 is 0 Å². The van der Waals surface area contributed by atoms with Gasteiger partial charge < -0.3 is 0 Å². The smallest absolute Gasteiger partial charge is 0.230 e. The van der Waals surface area contributed by atoms with E-state index in [-0.39, 0.29) is 12.4 Å². The highest BCUT2D eigenvalue weighted by atomic mass is 35.5. The molecule has 0 spiro atoms. The topological polar surface area (TPSA) is 77.4 Å². The van der Waals surface area contributed by atoms with Gasteiger partial charge in [-0.2, -0.15) is 9.78 Å². The van der Waals surface area contributed by atoms with Gasteiger partial charge in [0, 0.05) is 12.8 Å². The Kier molecular flexibility index (Phi) is 8.54. The van der Waals surface area contributed by atoms with Gasteiger partial charge in [0.1, 0.15) is 0 Å². The van der Waals surface area contributed by atoms with Crippen LogP contribution in [0.1, 0.15) is 40.5 Å². The highest BCUT2D eigenvalue weighted by Crippen LogP contribution is 2.22. The fourth-order valence-electron chi connectivity index (χ4n) is 0.454. The first kappa shape index (κ1) is 17.4. The van der Waals surface area contributed by atoms with Crippen LogP contribution in [-0.4, -0.2) is 22.1 Å². The van der Waals surface area contributed by atoms with E-state index < -0.39 is 11.6 Å². The van der Waals surface area contributed by atoms with Gasteiger partial charge in [-0.15, -0.1) is 12.4 Å². The SMILES string of the molecule is CCC(C)(OO)OOC(C)(CC)OO.Cl. The zero-order chi connectivity index (χ0) is 11.2. The van der Waals surface area contributed by atoms with Gasteiger partial charge in [-0.3, -0.25) is 0 Å². The van der Waals surface area contributed by atoms with Crippen molar-refractivity contribution >= 4 is 12.4 Å². The number of hydrogen-bond donors (Lipinski definition) is 2. The van der Waals surface area contributed by atoms with Crippen molar-refractivity contribution in [2.75, 3.05) is 0 Å². The summed E-state index contributed by atoms with van der Waals surface area (Å²) in [6, 6.07) is 0. The Morgan fingerprint density at radius 2 is 1.13 bits per heavy atom. The van der Waals surface area contributed by atoms with E-state index in [2.05, 4.69) is 9.78 Å². The van der Waals surface area contributed by atoms with Gasteiger partial charge in [0.05, 0.1) is 0 Å². The molecule has 7 heteroatoms. The minimum absolute atomic E-state index is 0. The Bertz CT molecular complexity index is 139. The van der Waals surface area contributed by atoms with Crippen LogP contribution in [0.2, 0.25) is 0 Å². The summed E-state index contributed by atoms with van der Waals surface area (Å²) in [4.78, 5) is 17.8. The monoisotopic (exact) mass is 246 g/mol. The summed E-state index contributed by atoms with van der Waals surface area (Å²) in [5, 5.41) is 17.0. The van der Waals surface area contributed by atoms with Crippen LogP contribution in [0.4, 0.5) is 0 Å². The molecule has 0 heterocycles. The molecule has 0 aliphatic heterocycles. The molecule has 0 aliphatic rings. The zero-order valence-corrected chi connectivity index (χ0v) is 10.2. The van der Waals surface area contributed by atoms with Crippen LogP contribution >= 0.6 is 12.4 Å². The van der Waals surface area contributed by atoms with Crippen molar-refractivity contribution < 1.29 is 30.1 Å². The molecule has 0 aliphatic carbocycles. The van der Waals surface area contributed by atoms with Gasteiger partial charge in [0.25, 0.3) is 0 Å². The molecule has 0 radical (unpaired) electrons. The molecule has 2 unspecified atom stereocenters. The summed E-state index contributed by atoms with van der Waals surface area (Å²) in [6.45, 7) is 6.45. The molecule has 15 heavy (non-hydrogen) atoms. The lowest BCUT2D eigenvalue weighted by Gasteiger charge is -2.29. The normalized spacial score (nSPS) is 18.8. The molecule has 0 rings (SSSR count). The van der Waals surface area contributed by atoms with Crippen LogP contribution in [0, 0.1) is 0 Å². The lowest BCUT2D eigenvalue weighted by molar-refractivity contribution is -0.566. The number of rotatable bonds is 7. The van der Waals surface area contributed by atoms with Crippen molar-refractivity contribution in [3.63, 3.8) is 0 Å². The van der Waals surface area contributed by atoms with E-state index >= 15 is 0 Å². The van der Waals surface area contributed by atoms with E-state index in [0.29, 0.717) is 12.8 Å². The molecule has 0 amide bonds. The second kappa shape index (κ2) is 7.34. The summed E-state index contributed by atoms with van der Waals surface area (Å²) >= 11 is 0. The minimum atomic E-state index is -1.27. The molecule has 2 atom stereocenters. The molecule has 0 saturated heterocycles. The van der Waals surface area contributed by atoms with Gasteiger partial charge in [0.15, 0.2) is 0 Å². The molecular formula is C8H19ClO6. The van der Waals surface area contributed by atoms with E-state index in [1.807, 2.05) is 0 Å². The lowest BCUT2D eigenvalue weighted by atomic mass is 10.2. The van der Waals surface area contributed by atoms with E-state index in [1.54, 1.807) is 13.8 Å². The van der Waals surface area contributed by atoms with Gasteiger partial charge in [-0.1, -0.05) is 13.8 Å². The van der Waals surface area contributed by atoms with Crippen molar-refractivity contribution in [1.82, 2.24) is 0 Å². The summed E-state index contributed by atoms with van der Waals surface area (Å²) in [6.07, 6.45) is 0.740. The van der Waals surface area contributed by atoms with E-state index in [1.165, 1.54) is 13.8 Å². The number of hydrogen-bond acceptors (Lipinski definition) is 6. The van der Waals surface area contributed by atoms with E-state index in [9.17, 15) is 0 Å². The summed E-state index contributed by atoms with van der Waals surface area (Å²) in [5.41, 5.74) is 0. The third-order valence-electron chi connectivity index (χ3n) is 2.06. The van der Waals surface area contributed by atoms with Crippen LogP contribution in [0.25, 0.3) is 0 Å². The average Bonchev–Trinajstić information content (AvgIpc) is 2.25. The van der Waals surface area contributed by atoms with Crippen molar-refractivity contribution in [3.05, 3.63) is 0 Å². The van der Waals surface area contributed by atoms with Crippen LogP contribution in [0.3, 0.4) is 0 Å². The molecule has 6 nitrogen and oxygen atoms in total. The summed E-state index contributed by atoms with van der Waals surface area (Å²) < 4.78 is 0. The highest BCUT2D eigenvalue weighted by molar-refractivity contribution is 5.85. The van der Waals surface area contributed by atoms with Crippen molar-refractivity contribution in [2.24, 2.45) is 0 Å². The molecule has 0 aromatic rings. The second-order valence-electron chi connectivity index (χ2n) is 3.32. The molecule has 0 aromatic heterocycles. The largest absolute Gasteiger partial charge is 0.249 e. The third kappa shape index (κ3) is 5.62. The second-order valence-corrected chi connectivity index (χ2v) is 3.32. The van der Waals surface area contributed by atoms with Crippen molar-refractivity contribution in [2.45, 2.75) is 52.1 Å². The zero-order valence-electron chi connectivity index (χ0n) is 9.35. The standard InChI is InChI=1S/C8H18O6.ClH/c1-5-7(3,11-9)13-14-8(4,6-2)12-10;/h9-10H,5-6H2,1-4H3;1H. The first-order valence-electron chi connectivity index (χ1n) is 4.47. The maximum atomic E-state index is 8.52. The maximum absolute atomic E-state index is 8.52. The molecule has 0 bridgehead atoms. The molecule has 94 valence electrons. The fourth-order valence-corrected chi connectivity index (χ4v) is 0.454. The molecule has 0 saturated carbocycles. The molecule has 0 fully saturated rings. The van der Waals surface area contributed by atoms with E-state index in [0.717, 1.165) is 0 Å². The Morgan fingerprint density at radius 1 is 0.867 bits per heavy atom. The van der Waals surface area contributed by atoms with E-state index in [4.69, 9.17) is 20.3 Å². The molecule has 2 N–H and O–H groups in total. The van der Waals surface area contributed by atoms with Gasteiger partial charge in [0.2, 0.25) is 11.6 Å². The summed E-state index contributed by atoms with van der Waals surface area (Å²) in [7, 11) is 0. The summed E-state index contributed by atoms with van der Waals surface area (Å²) in [5.74, 6) is -2.54. The predicted octanol–water partition coefficient (Wildman–Crippen LogP) is 2.59. The van der Waals surface area contributed by atoms with Gasteiger partial charge in [-0.25, -0.2) is 20.3 Å². The highest BCUT2D eigenvalue weighted by Gasteiger charge is 2.33. The molecular weight excluding hydrogens is 228 g/mol. The van der Waals surface area contributed by atoms with Crippen molar-refractivity contribution in [3.8, 4) is 0 Å². The Morgan fingerprint density at radius 3 is 1.27 bits per heavy atom. The Balaban J connectivity index is 0. The average molecular weight is 247 g/mol. The first-order valence-corrected chi connectivity index (χ1v) is 4.47.